The van der Waals surface area contributed by atoms with Crippen LogP contribution in [0.1, 0.15) is 22.8 Å². The molecule has 8 heteroatoms. The van der Waals surface area contributed by atoms with Crippen LogP contribution in [0.4, 0.5) is 5.69 Å². The van der Waals surface area contributed by atoms with Crippen LogP contribution in [0.3, 0.4) is 0 Å². The number of carbonyl (C=O) groups excluding carboxylic acids is 1. The number of amides is 1. The number of aromatic carboxylic acids is 1. The number of halogens is 1. The molecule has 0 fully saturated rings. The lowest BCUT2D eigenvalue weighted by Gasteiger charge is -2.13. The van der Waals surface area contributed by atoms with Crippen molar-refractivity contribution in [3.05, 3.63) is 58.1 Å². The summed E-state index contributed by atoms with van der Waals surface area (Å²) in [5.41, 5.74) is 1.71. The predicted molar refractivity (Wildman–Crippen MR) is 107 cm³/mol. The molecule has 1 aliphatic rings. The van der Waals surface area contributed by atoms with Gasteiger partial charge in [0.15, 0.2) is 0 Å². The van der Waals surface area contributed by atoms with Crippen LogP contribution in [-0.2, 0) is 4.79 Å². The molecular weight excluding hydrogens is 384 g/mol. The van der Waals surface area contributed by atoms with Crippen LogP contribution in [0.2, 0.25) is 5.02 Å². The second-order valence-electron chi connectivity index (χ2n) is 5.94. The highest BCUT2D eigenvalue weighted by Gasteiger charge is 2.30. The number of carbonyl (C=O) groups is 2. The van der Waals surface area contributed by atoms with Gasteiger partial charge in [0.2, 0.25) is 0 Å². The minimum absolute atomic E-state index is 0.0838. The van der Waals surface area contributed by atoms with Crippen LogP contribution in [0, 0.1) is 0 Å². The van der Waals surface area contributed by atoms with Gasteiger partial charge in [-0.05, 0) is 49.4 Å². The van der Waals surface area contributed by atoms with Crippen molar-refractivity contribution in [3.8, 4) is 11.5 Å². The molecular formula is C20H17ClN2O5. The molecule has 7 nitrogen and oxygen atoms in total. The number of hydrazone groups is 1. The summed E-state index contributed by atoms with van der Waals surface area (Å²) in [4.78, 5) is 24.2. The number of rotatable bonds is 5. The Morgan fingerprint density at radius 1 is 1.18 bits per heavy atom. The lowest BCUT2D eigenvalue weighted by atomic mass is 10.1. The molecule has 0 radical (unpaired) electrons. The molecule has 0 atom stereocenters. The maximum absolute atomic E-state index is 12.9. The summed E-state index contributed by atoms with van der Waals surface area (Å²) in [5.74, 6) is -0.377. The van der Waals surface area contributed by atoms with Crippen molar-refractivity contribution in [2.24, 2.45) is 5.10 Å². The average molecular weight is 401 g/mol. The Balaban J connectivity index is 2.01. The summed E-state index contributed by atoms with van der Waals surface area (Å²) < 4.78 is 10.6. The number of hydrogen-bond acceptors (Lipinski definition) is 5. The molecule has 1 heterocycles. The van der Waals surface area contributed by atoms with Crippen molar-refractivity contribution in [3.63, 3.8) is 0 Å². The van der Waals surface area contributed by atoms with Gasteiger partial charge >= 0.3 is 5.97 Å². The van der Waals surface area contributed by atoms with Gasteiger partial charge in [-0.1, -0.05) is 11.6 Å². The van der Waals surface area contributed by atoms with Gasteiger partial charge in [-0.25, -0.2) is 4.79 Å². The van der Waals surface area contributed by atoms with Crippen LogP contribution in [-0.4, -0.2) is 36.9 Å². The number of hydrogen-bond donors (Lipinski definition) is 1. The molecule has 1 N–H and O–H groups in total. The molecule has 0 aliphatic carbocycles. The van der Waals surface area contributed by atoms with E-state index in [-0.39, 0.29) is 16.5 Å². The second kappa shape index (κ2) is 7.74. The molecule has 0 aromatic heterocycles. The summed E-state index contributed by atoms with van der Waals surface area (Å²) in [6.07, 6.45) is 1.66. The monoisotopic (exact) mass is 400 g/mol. The highest BCUT2D eigenvalue weighted by molar-refractivity contribution is 6.34. The number of methoxy groups -OCH3 is 2. The highest BCUT2D eigenvalue weighted by Crippen LogP contribution is 2.31. The molecule has 0 saturated heterocycles. The summed E-state index contributed by atoms with van der Waals surface area (Å²) in [5, 5.41) is 14.7. The third-order valence-corrected chi connectivity index (χ3v) is 4.55. The lowest BCUT2D eigenvalue weighted by Crippen LogP contribution is -2.21. The fourth-order valence-electron chi connectivity index (χ4n) is 2.78. The van der Waals surface area contributed by atoms with E-state index in [1.54, 1.807) is 44.4 Å². The average Bonchev–Trinajstić information content (AvgIpc) is 2.96. The molecule has 0 bridgehead atoms. The fourth-order valence-corrected chi connectivity index (χ4v) is 2.97. The number of carboxylic acid groups (broad SMARTS) is 1. The maximum Gasteiger partial charge on any atom is 0.337 e. The van der Waals surface area contributed by atoms with Gasteiger partial charge in [-0.2, -0.15) is 10.1 Å². The Labute approximate surface area is 166 Å². The number of carboxylic acids is 1. The second-order valence-corrected chi connectivity index (χ2v) is 6.34. The van der Waals surface area contributed by atoms with Crippen molar-refractivity contribution in [2.45, 2.75) is 6.92 Å². The van der Waals surface area contributed by atoms with E-state index in [0.717, 1.165) is 5.01 Å². The number of ether oxygens (including phenoxy) is 2. The topological polar surface area (TPSA) is 88.4 Å². The van der Waals surface area contributed by atoms with Gasteiger partial charge in [-0.15, -0.1) is 0 Å². The smallest absolute Gasteiger partial charge is 0.337 e. The van der Waals surface area contributed by atoms with E-state index in [2.05, 4.69) is 5.10 Å². The molecule has 2 aromatic carbocycles. The third-order valence-electron chi connectivity index (χ3n) is 4.22. The van der Waals surface area contributed by atoms with Crippen LogP contribution in [0.15, 0.2) is 47.1 Å². The first-order chi connectivity index (χ1) is 13.3. The minimum atomic E-state index is -1.18. The largest absolute Gasteiger partial charge is 0.497 e. The van der Waals surface area contributed by atoms with Gasteiger partial charge in [0, 0.05) is 5.56 Å². The van der Waals surface area contributed by atoms with Crippen molar-refractivity contribution < 1.29 is 24.2 Å². The van der Waals surface area contributed by atoms with E-state index < -0.39 is 5.97 Å². The first-order valence-electron chi connectivity index (χ1n) is 8.22. The van der Waals surface area contributed by atoms with E-state index in [1.165, 1.54) is 19.2 Å². The van der Waals surface area contributed by atoms with E-state index >= 15 is 0 Å². The van der Waals surface area contributed by atoms with Gasteiger partial charge in [0.05, 0.1) is 41.8 Å². The third kappa shape index (κ3) is 3.57. The Hall–Kier alpha value is -3.32. The molecule has 2 aromatic rings. The Morgan fingerprint density at radius 3 is 2.57 bits per heavy atom. The van der Waals surface area contributed by atoms with Gasteiger partial charge in [0.1, 0.15) is 11.5 Å². The molecule has 0 saturated carbocycles. The molecule has 0 unspecified atom stereocenters. The summed E-state index contributed by atoms with van der Waals surface area (Å²) in [7, 11) is 3.09. The summed E-state index contributed by atoms with van der Waals surface area (Å²) >= 11 is 5.90. The van der Waals surface area contributed by atoms with Gasteiger partial charge < -0.3 is 14.6 Å². The molecule has 1 aliphatic heterocycles. The minimum Gasteiger partial charge on any atom is -0.497 e. The highest BCUT2D eigenvalue weighted by atomic mass is 35.5. The summed E-state index contributed by atoms with van der Waals surface area (Å²) in [6, 6.07) is 9.52. The zero-order valence-electron chi connectivity index (χ0n) is 15.4. The number of benzene rings is 2. The molecule has 1 amide bonds. The fraction of sp³-hybridized carbons (Fsp3) is 0.150. The normalized spacial score (nSPS) is 15.0. The molecule has 28 heavy (non-hydrogen) atoms. The van der Waals surface area contributed by atoms with Crippen molar-refractivity contribution in [1.29, 1.82) is 0 Å². The van der Waals surface area contributed by atoms with E-state index in [9.17, 15) is 14.7 Å². The Kier molecular flexibility index (Phi) is 5.37. The number of nitrogens with zero attached hydrogens (tertiary/aromatic N) is 2. The molecule has 0 spiro atoms. The quantitative estimate of drug-likeness (QED) is 0.770. The maximum atomic E-state index is 12.9. The van der Waals surface area contributed by atoms with Crippen LogP contribution in [0.25, 0.3) is 6.08 Å². The SMILES string of the molecule is COc1ccc(OC)c(/C=C2\C(=O)N(c3ccc(Cl)c(C(=O)O)c3)N=C2C)c1. The molecule has 3 rings (SSSR count). The van der Waals surface area contributed by atoms with Crippen LogP contribution < -0.4 is 14.5 Å². The van der Waals surface area contributed by atoms with Crippen molar-refractivity contribution in [1.82, 2.24) is 0 Å². The predicted octanol–water partition coefficient (Wildman–Crippen LogP) is 3.86. The number of anilines is 1. The summed E-state index contributed by atoms with van der Waals surface area (Å²) in [6.45, 7) is 1.70. The zero-order valence-corrected chi connectivity index (χ0v) is 16.1. The zero-order chi connectivity index (χ0) is 20.4. The standard InChI is InChI=1S/C20H17ClN2O5/c1-11-15(9-12-8-14(27-2)5-7-18(12)28-3)19(24)23(22-11)13-4-6-17(21)16(10-13)20(25)26/h4-10H,1-3H3,(H,25,26)/b15-9-. The van der Waals surface area contributed by atoms with Gasteiger partial charge in [-0.3, -0.25) is 4.79 Å². The van der Waals surface area contributed by atoms with Crippen molar-refractivity contribution in [2.75, 3.05) is 19.2 Å². The first kappa shape index (κ1) is 19.4. The van der Waals surface area contributed by atoms with Crippen LogP contribution in [0.5, 0.6) is 11.5 Å². The van der Waals surface area contributed by atoms with E-state index in [4.69, 9.17) is 21.1 Å². The Bertz CT molecular complexity index is 1030. The molecule has 144 valence electrons. The van der Waals surface area contributed by atoms with Crippen LogP contribution >= 0.6 is 11.6 Å². The Morgan fingerprint density at radius 2 is 1.93 bits per heavy atom. The van der Waals surface area contributed by atoms with E-state index in [1.807, 2.05) is 0 Å². The first-order valence-corrected chi connectivity index (χ1v) is 8.60. The lowest BCUT2D eigenvalue weighted by molar-refractivity contribution is -0.114. The van der Waals surface area contributed by atoms with Gasteiger partial charge in [0.25, 0.3) is 5.91 Å². The van der Waals surface area contributed by atoms with Crippen molar-refractivity contribution >= 4 is 41.0 Å². The van der Waals surface area contributed by atoms with E-state index in [0.29, 0.717) is 34.0 Å².